The van der Waals surface area contributed by atoms with E-state index in [1.807, 2.05) is 11.4 Å². The predicted molar refractivity (Wildman–Crippen MR) is 36.3 cm³/mol. The molecule has 4 nitrogen and oxygen atoms in total. The highest BCUT2D eigenvalue weighted by Gasteiger charge is 1.99. The summed E-state index contributed by atoms with van der Waals surface area (Å²) in [7, 11) is 0. The summed E-state index contributed by atoms with van der Waals surface area (Å²) < 4.78 is 0. The Bertz CT molecular complexity index is 253. The maximum Gasteiger partial charge on any atom is 0.180 e. The van der Waals surface area contributed by atoms with Crippen molar-refractivity contribution in [1.29, 1.82) is 0 Å². The van der Waals surface area contributed by atoms with Crippen molar-refractivity contribution in [2.75, 3.05) is 0 Å². The molecule has 2 heterocycles. The Morgan fingerprint density at radius 1 is 1.60 bits per heavy atom. The average molecular weight is 151 g/mol. The largest absolute Gasteiger partial charge is 0.239 e. The lowest BCUT2D eigenvalue weighted by Crippen LogP contribution is -1.74. The summed E-state index contributed by atoms with van der Waals surface area (Å²) in [5.41, 5.74) is 0.981. The minimum absolute atomic E-state index is 0.692. The molecule has 0 aliphatic rings. The third-order valence-corrected chi connectivity index (χ3v) is 1.71. The fraction of sp³-hybridized carbons (Fsp3) is 0. The maximum absolute atomic E-state index is 3.73. The van der Waals surface area contributed by atoms with Crippen molar-refractivity contribution in [1.82, 2.24) is 20.6 Å². The van der Waals surface area contributed by atoms with E-state index in [1.54, 1.807) is 0 Å². The molecule has 2 aromatic rings. The van der Waals surface area contributed by atoms with Gasteiger partial charge in [-0.1, -0.05) is 0 Å². The van der Waals surface area contributed by atoms with Gasteiger partial charge in [-0.3, -0.25) is 0 Å². The first-order valence-electron chi connectivity index (χ1n) is 2.65. The van der Waals surface area contributed by atoms with Gasteiger partial charge in [0.25, 0.3) is 0 Å². The van der Waals surface area contributed by atoms with Gasteiger partial charge in [-0.15, -0.1) is 16.4 Å². The normalized spacial score (nSPS) is 10.0. The molecule has 0 amide bonds. The van der Waals surface area contributed by atoms with Crippen molar-refractivity contribution < 1.29 is 0 Å². The summed E-state index contributed by atoms with van der Waals surface area (Å²) in [5, 5.41) is 18.2. The zero-order valence-electron chi connectivity index (χ0n) is 4.90. The van der Waals surface area contributed by atoms with Crippen LogP contribution in [0.1, 0.15) is 0 Å². The number of nitrogens with one attached hydrogen (secondary N) is 1. The lowest BCUT2D eigenvalue weighted by atomic mass is 10.3. The topological polar surface area (TPSA) is 54.5 Å². The molecule has 1 N–H and O–H groups in total. The molecule has 0 aromatic carbocycles. The number of thiophene rings is 1. The van der Waals surface area contributed by atoms with E-state index in [-0.39, 0.29) is 0 Å². The highest BCUT2D eigenvalue weighted by Crippen LogP contribution is 2.14. The molecule has 0 saturated heterocycles. The average Bonchev–Trinajstić information content (AvgIpc) is 2.59. The number of tetrazole rings is 1. The van der Waals surface area contributed by atoms with Crippen LogP contribution in [0, 0.1) is 5.38 Å². The third kappa shape index (κ3) is 0.801. The number of aromatic amines is 1. The van der Waals surface area contributed by atoms with Gasteiger partial charge < -0.3 is 0 Å². The van der Waals surface area contributed by atoms with Crippen LogP contribution in [0.3, 0.4) is 0 Å². The molecule has 0 spiro atoms. The molecule has 0 atom stereocenters. The summed E-state index contributed by atoms with van der Waals surface area (Å²) >= 11 is 1.50. The third-order valence-electron chi connectivity index (χ3n) is 1.09. The Morgan fingerprint density at radius 3 is 3.20 bits per heavy atom. The van der Waals surface area contributed by atoms with Gasteiger partial charge in [0.05, 0.1) is 0 Å². The van der Waals surface area contributed by atoms with Crippen LogP contribution in [0.15, 0.2) is 11.4 Å². The van der Waals surface area contributed by atoms with Gasteiger partial charge in [0, 0.05) is 16.3 Å². The van der Waals surface area contributed by atoms with E-state index in [0.29, 0.717) is 5.82 Å². The Hall–Kier alpha value is -1.23. The van der Waals surface area contributed by atoms with Gasteiger partial charge >= 0.3 is 0 Å². The van der Waals surface area contributed by atoms with Crippen LogP contribution in [0.2, 0.25) is 0 Å². The molecule has 0 aliphatic carbocycles. The number of rotatable bonds is 1. The molecule has 2 aromatic heterocycles. The van der Waals surface area contributed by atoms with Crippen LogP contribution in [-0.2, 0) is 0 Å². The van der Waals surface area contributed by atoms with Crippen LogP contribution in [0.4, 0.5) is 0 Å². The van der Waals surface area contributed by atoms with Gasteiger partial charge in [-0.05, 0) is 16.5 Å². The molecule has 2 rings (SSSR count). The summed E-state index contributed by atoms with van der Waals surface area (Å²) in [6, 6.07) is 1.84. The highest BCUT2D eigenvalue weighted by atomic mass is 32.1. The number of aromatic nitrogens is 4. The van der Waals surface area contributed by atoms with E-state index in [9.17, 15) is 0 Å². The van der Waals surface area contributed by atoms with E-state index in [4.69, 9.17) is 0 Å². The molecular weight excluding hydrogens is 148 g/mol. The predicted octanol–water partition coefficient (Wildman–Crippen LogP) is 0.728. The minimum Gasteiger partial charge on any atom is -0.239 e. The Labute approximate surface area is 60.9 Å². The number of nitrogens with zero attached hydrogens (tertiary/aromatic N) is 3. The van der Waals surface area contributed by atoms with Gasteiger partial charge in [0.1, 0.15) is 0 Å². The fourth-order valence-corrected chi connectivity index (χ4v) is 1.20. The van der Waals surface area contributed by atoms with Gasteiger partial charge in [-0.2, -0.15) is 0 Å². The second-order valence-electron chi connectivity index (χ2n) is 1.70. The highest BCUT2D eigenvalue weighted by molar-refractivity contribution is 7.07. The SMILES string of the molecule is [c]1cc(-c2nnn[nH]2)cs1. The van der Waals surface area contributed by atoms with Gasteiger partial charge in [0.2, 0.25) is 0 Å². The Kier molecular flexibility index (Phi) is 1.21. The molecule has 10 heavy (non-hydrogen) atoms. The minimum atomic E-state index is 0.692. The quantitative estimate of drug-likeness (QED) is 0.653. The molecule has 0 unspecified atom stereocenters. The molecule has 0 fully saturated rings. The first-order valence-corrected chi connectivity index (χ1v) is 3.53. The smallest absolute Gasteiger partial charge is 0.180 e. The lowest BCUT2D eigenvalue weighted by Gasteiger charge is -1.81. The molecule has 5 heteroatoms. The van der Waals surface area contributed by atoms with Crippen LogP contribution in [0.5, 0.6) is 0 Å². The zero-order valence-corrected chi connectivity index (χ0v) is 5.72. The van der Waals surface area contributed by atoms with Crippen molar-refractivity contribution >= 4 is 11.3 Å². The number of hydrogen-bond acceptors (Lipinski definition) is 4. The van der Waals surface area contributed by atoms with Crippen molar-refractivity contribution in [3.63, 3.8) is 0 Å². The summed E-state index contributed by atoms with van der Waals surface area (Å²) in [4.78, 5) is 0. The van der Waals surface area contributed by atoms with Crippen molar-refractivity contribution in [2.24, 2.45) is 0 Å². The zero-order chi connectivity index (χ0) is 6.81. The van der Waals surface area contributed by atoms with Crippen molar-refractivity contribution in [2.45, 2.75) is 0 Å². The Morgan fingerprint density at radius 2 is 2.60 bits per heavy atom. The first-order chi connectivity index (χ1) is 4.97. The van der Waals surface area contributed by atoms with E-state index >= 15 is 0 Å². The molecule has 49 valence electrons. The summed E-state index contributed by atoms with van der Waals surface area (Å²) in [5.74, 6) is 0.692. The standard InChI is InChI=1S/C5H3N4S/c1-2-10-3-4(1)5-6-8-9-7-5/h1,3H,(H,6,7,8,9). The van der Waals surface area contributed by atoms with E-state index < -0.39 is 0 Å². The number of H-pyrrole nitrogens is 1. The van der Waals surface area contributed by atoms with Crippen molar-refractivity contribution in [3.8, 4) is 11.4 Å². The van der Waals surface area contributed by atoms with E-state index in [1.165, 1.54) is 11.3 Å². The van der Waals surface area contributed by atoms with Crippen LogP contribution < -0.4 is 0 Å². The molecule has 0 saturated carbocycles. The fourth-order valence-electron chi connectivity index (χ4n) is 0.635. The van der Waals surface area contributed by atoms with Gasteiger partial charge in [0.15, 0.2) is 5.82 Å². The molecule has 0 aliphatic heterocycles. The Balaban J connectivity index is 2.48. The summed E-state index contributed by atoms with van der Waals surface area (Å²) in [6.45, 7) is 0. The van der Waals surface area contributed by atoms with Crippen molar-refractivity contribution in [3.05, 3.63) is 16.8 Å². The van der Waals surface area contributed by atoms with Crippen LogP contribution in [-0.4, -0.2) is 20.6 Å². The first kappa shape index (κ1) is 5.55. The summed E-state index contributed by atoms with van der Waals surface area (Å²) in [6.07, 6.45) is 0. The van der Waals surface area contributed by atoms with Gasteiger partial charge in [-0.25, -0.2) is 5.10 Å². The second-order valence-corrected chi connectivity index (χ2v) is 2.41. The lowest BCUT2D eigenvalue weighted by molar-refractivity contribution is 0.881. The van der Waals surface area contributed by atoms with E-state index in [2.05, 4.69) is 26.0 Å². The van der Waals surface area contributed by atoms with Crippen LogP contribution in [0.25, 0.3) is 11.4 Å². The maximum atomic E-state index is 3.73. The molecular formula is C5H3N4S. The second kappa shape index (κ2) is 2.18. The molecule has 1 radical (unpaired) electrons. The number of hydrogen-bond donors (Lipinski definition) is 1. The van der Waals surface area contributed by atoms with Crippen LogP contribution >= 0.6 is 11.3 Å². The molecule has 0 bridgehead atoms. The van der Waals surface area contributed by atoms with E-state index in [0.717, 1.165) is 5.56 Å². The monoisotopic (exact) mass is 151 g/mol.